The fraction of sp³-hybridized carbons (Fsp3) is 0.700. The highest BCUT2D eigenvalue weighted by atomic mass is 16.5. The molecule has 1 saturated heterocycles. The zero-order chi connectivity index (χ0) is 9.84. The van der Waals surface area contributed by atoms with Crippen LogP contribution in [-0.2, 0) is 9.53 Å². The number of ether oxygens (including phenoxy) is 1. The van der Waals surface area contributed by atoms with Crippen LogP contribution in [0.3, 0.4) is 0 Å². The Morgan fingerprint density at radius 3 is 2.46 bits per heavy atom. The first kappa shape index (κ1) is 10.3. The Morgan fingerprint density at radius 2 is 2.00 bits per heavy atom. The summed E-state index contributed by atoms with van der Waals surface area (Å²) in [5.74, 6) is -0.255. The maximum Gasteiger partial charge on any atom is 0.333 e. The second-order valence-electron chi connectivity index (χ2n) is 3.69. The van der Waals surface area contributed by atoms with Gasteiger partial charge in [-0.05, 0) is 26.8 Å². The molecule has 0 bridgehead atoms. The van der Waals surface area contributed by atoms with E-state index in [4.69, 9.17) is 4.74 Å². The summed E-state index contributed by atoms with van der Waals surface area (Å²) in [5, 5.41) is 0. The van der Waals surface area contributed by atoms with Gasteiger partial charge in [-0.3, -0.25) is 0 Å². The number of carbonyl (C=O) groups excluding carboxylic acids is 1. The van der Waals surface area contributed by atoms with Crippen molar-refractivity contribution in [1.82, 2.24) is 4.90 Å². The van der Waals surface area contributed by atoms with E-state index in [1.54, 1.807) is 6.92 Å². The number of hydrogen-bond acceptors (Lipinski definition) is 3. The van der Waals surface area contributed by atoms with Gasteiger partial charge in [0.25, 0.3) is 0 Å². The second-order valence-corrected chi connectivity index (χ2v) is 3.69. The number of esters is 1. The van der Waals surface area contributed by atoms with Gasteiger partial charge in [0, 0.05) is 18.7 Å². The Kier molecular flexibility index (Phi) is 3.48. The van der Waals surface area contributed by atoms with Gasteiger partial charge in [-0.15, -0.1) is 0 Å². The lowest BCUT2D eigenvalue weighted by molar-refractivity contribution is -0.146. The monoisotopic (exact) mass is 183 g/mol. The van der Waals surface area contributed by atoms with E-state index in [9.17, 15) is 4.79 Å². The molecule has 0 aliphatic carbocycles. The van der Waals surface area contributed by atoms with E-state index in [2.05, 4.69) is 18.5 Å². The van der Waals surface area contributed by atoms with Crippen LogP contribution in [0.2, 0.25) is 0 Å². The Morgan fingerprint density at radius 1 is 1.46 bits per heavy atom. The molecule has 1 rings (SSSR count). The topological polar surface area (TPSA) is 29.5 Å². The van der Waals surface area contributed by atoms with Crippen LogP contribution in [-0.4, -0.2) is 37.1 Å². The van der Waals surface area contributed by atoms with Crippen molar-refractivity contribution < 1.29 is 9.53 Å². The maximum absolute atomic E-state index is 11.2. The molecular formula is C10H17NO2. The molecule has 0 saturated carbocycles. The van der Waals surface area contributed by atoms with Crippen molar-refractivity contribution in [2.75, 3.05) is 20.1 Å². The third-order valence-electron chi connectivity index (χ3n) is 2.29. The molecule has 0 aromatic rings. The van der Waals surface area contributed by atoms with E-state index in [1.165, 1.54) is 0 Å². The zero-order valence-electron chi connectivity index (χ0n) is 8.38. The first-order chi connectivity index (χ1) is 6.09. The van der Waals surface area contributed by atoms with Crippen molar-refractivity contribution in [2.45, 2.75) is 25.9 Å². The van der Waals surface area contributed by atoms with Crippen LogP contribution < -0.4 is 0 Å². The molecule has 0 aromatic heterocycles. The molecule has 1 heterocycles. The van der Waals surface area contributed by atoms with Gasteiger partial charge in [0.15, 0.2) is 0 Å². The highest BCUT2D eigenvalue weighted by molar-refractivity contribution is 5.87. The molecule has 1 fully saturated rings. The van der Waals surface area contributed by atoms with Gasteiger partial charge in [0.1, 0.15) is 6.10 Å². The average molecular weight is 183 g/mol. The SMILES string of the molecule is C=C(C)C(=O)OC1CCN(C)CC1. The summed E-state index contributed by atoms with van der Waals surface area (Å²) in [7, 11) is 2.08. The lowest BCUT2D eigenvalue weighted by atomic mass is 10.1. The van der Waals surface area contributed by atoms with Crippen molar-refractivity contribution in [3.63, 3.8) is 0 Å². The minimum absolute atomic E-state index is 0.0976. The lowest BCUT2D eigenvalue weighted by Crippen LogP contribution is -2.35. The Hall–Kier alpha value is -0.830. The number of rotatable bonds is 2. The van der Waals surface area contributed by atoms with E-state index >= 15 is 0 Å². The van der Waals surface area contributed by atoms with Crippen molar-refractivity contribution in [1.29, 1.82) is 0 Å². The smallest absolute Gasteiger partial charge is 0.333 e. The van der Waals surface area contributed by atoms with Gasteiger partial charge in [-0.1, -0.05) is 6.58 Å². The highest BCUT2D eigenvalue weighted by Gasteiger charge is 2.20. The molecule has 3 nitrogen and oxygen atoms in total. The van der Waals surface area contributed by atoms with Crippen molar-refractivity contribution in [3.05, 3.63) is 12.2 Å². The minimum atomic E-state index is -0.255. The van der Waals surface area contributed by atoms with Crippen LogP contribution in [0.5, 0.6) is 0 Å². The predicted octanol–water partition coefficient (Wildman–Crippen LogP) is 1.20. The molecule has 0 radical (unpaired) electrons. The van der Waals surface area contributed by atoms with Crippen LogP contribution in [0, 0.1) is 0 Å². The summed E-state index contributed by atoms with van der Waals surface area (Å²) < 4.78 is 5.24. The molecule has 1 aliphatic heterocycles. The summed E-state index contributed by atoms with van der Waals surface area (Å²) >= 11 is 0. The number of hydrogen-bond donors (Lipinski definition) is 0. The van der Waals surface area contributed by atoms with E-state index in [0.717, 1.165) is 25.9 Å². The molecule has 13 heavy (non-hydrogen) atoms. The molecule has 0 aromatic carbocycles. The average Bonchev–Trinajstić information content (AvgIpc) is 2.08. The van der Waals surface area contributed by atoms with Gasteiger partial charge in [0.2, 0.25) is 0 Å². The number of nitrogens with zero attached hydrogens (tertiary/aromatic N) is 1. The summed E-state index contributed by atoms with van der Waals surface area (Å²) in [4.78, 5) is 13.4. The number of piperidine rings is 1. The highest BCUT2D eigenvalue weighted by Crippen LogP contribution is 2.13. The van der Waals surface area contributed by atoms with Gasteiger partial charge in [0.05, 0.1) is 0 Å². The molecule has 3 heteroatoms. The summed E-state index contributed by atoms with van der Waals surface area (Å²) in [6, 6.07) is 0. The van der Waals surface area contributed by atoms with Gasteiger partial charge < -0.3 is 9.64 Å². The first-order valence-electron chi connectivity index (χ1n) is 4.64. The van der Waals surface area contributed by atoms with Crippen molar-refractivity contribution >= 4 is 5.97 Å². The molecule has 74 valence electrons. The third kappa shape index (κ3) is 3.19. The molecule has 0 amide bonds. The van der Waals surface area contributed by atoms with Gasteiger partial charge >= 0.3 is 5.97 Å². The molecule has 0 N–H and O–H groups in total. The van der Waals surface area contributed by atoms with Crippen LogP contribution in [0.25, 0.3) is 0 Å². The van der Waals surface area contributed by atoms with Gasteiger partial charge in [-0.25, -0.2) is 4.79 Å². The van der Waals surface area contributed by atoms with Gasteiger partial charge in [-0.2, -0.15) is 0 Å². The van der Waals surface area contributed by atoms with Crippen LogP contribution in [0.1, 0.15) is 19.8 Å². The zero-order valence-corrected chi connectivity index (χ0v) is 8.38. The predicted molar refractivity (Wildman–Crippen MR) is 51.4 cm³/mol. The van der Waals surface area contributed by atoms with Crippen molar-refractivity contribution in [3.8, 4) is 0 Å². The Balaban J connectivity index is 2.30. The Bertz CT molecular complexity index is 205. The second kappa shape index (κ2) is 4.42. The third-order valence-corrected chi connectivity index (χ3v) is 2.29. The molecule has 0 atom stereocenters. The molecule has 1 aliphatic rings. The van der Waals surface area contributed by atoms with E-state index in [0.29, 0.717) is 5.57 Å². The molecule has 0 spiro atoms. The fourth-order valence-corrected chi connectivity index (χ4v) is 1.35. The fourth-order valence-electron chi connectivity index (χ4n) is 1.35. The molecule has 0 unspecified atom stereocenters. The Labute approximate surface area is 79.4 Å². The van der Waals surface area contributed by atoms with E-state index in [-0.39, 0.29) is 12.1 Å². The summed E-state index contributed by atoms with van der Waals surface area (Å²) in [6.45, 7) is 7.24. The van der Waals surface area contributed by atoms with E-state index < -0.39 is 0 Å². The maximum atomic E-state index is 11.2. The van der Waals surface area contributed by atoms with Crippen LogP contribution >= 0.6 is 0 Å². The number of likely N-dealkylation sites (tertiary alicyclic amines) is 1. The van der Waals surface area contributed by atoms with Crippen molar-refractivity contribution in [2.24, 2.45) is 0 Å². The quantitative estimate of drug-likeness (QED) is 0.476. The first-order valence-corrected chi connectivity index (χ1v) is 4.64. The lowest BCUT2D eigenvalue weighted by Gasteiger charge is -2.28. The number of carbonyl (C=O) groups is 1. The minimum Gasteiger partial charge on any atom is -0.459 e. The largest absolute Gasteiger partial charge is 0.459 e. The van der Waals surface area contributed by atoms with Crippen LogP contribution in [0.4, 0.5) is 0 Å². The normalized spacial score (nSPS) is 19.8. The summed E-state index contributed by atoms with van der Waals surface area (Å²) in [5.41, 5.74) is 0.485. The molecular weight excluding hydrogens is 166 g/mol. The van der Waals surface area contributed by atoms with E-state index in [1.807, 2.05) is 0 Å². The van der Waals surface area contributed by atoms with Crippen LogP contribution in [0.15, 0.2) is 12.2 Å². The standard InChI is InChI=1S/C10H17NO2/c1-8(2)10(12)13-9-4-6-11(3)7-5-9/h9H,1,4-7H2,2-3H3. The summed E-state index contributed by atoms with van der Waals surface area (Å²) in [6.07, 6.45) is 1.98.